The van der Waals surface area contributed by atoms with Gasteiger partial charge in [-0.25, -0.2) is 0 Å². The van der Waals surface area contributed by atoms with Crippen LogP contribution in [0, 0.1) is 6.92 Å². The molecule has 1 aromatic heterocycles. The molecule has 0 unspecified atom stereocenters. The van der Waals surface area contributed by atoms with Crippen LogP contribution in [0.5, 0.6) is 5.75 Å². The molecule has 1 atom stereocenters. The molecule has 0 fully saturated rings. The van der Waals surface area contributed by atoms with Crippen LogP contribution in [0.25, 0.3) is 10.9 Å². The summed E-state index contributed by atoms with van der Waals surface area (Å²) in [5, 5.41) is 4.08. The molecule has 0 aliphatic rings. The Bertz CT molecular complexity index is 1300. The molecule has 174 valence electrons. The van der Waals surface area contributed by atoms with Gasteiger partial charge in [-0.3, -0.25) is 9.59 Å². The van der Waals surface area contributed by atoms with Crippen molar-refractivity contribution in [2.45, 2.75) is 25.9 Å². The molecular formula is C28H29N3O3. The van der Waals surface area contributed by atoms with Crippen molar-refractivity contribution in [1.82, 2.24) is 9.88 Å². The number of benzene rings is 3. The number of amides is 2. The van der Waals surface area contributed by atoms with E-state index in [2.05, 4.69) is 11.4 Å². The Hall–Kier alpha value is -4.06. The highest BCUT2D eigenvalue weighted by molar-refractivity contribution is 6.00. The SMILES string of the molecule is COc1ccccc1N(C)C(=O)[C@H](Cc1ccccc1)NC(=O)Cn1c(C)cc2ccccc21. The van der Waals surface area contributed by atoms with E-state index in [1.165, 1.54) is 0 Å². The monoisotopic (exact) mass is 455 g/mol. The van der Waals surface area contributed by atoms with Gasteiger partial charge in [0, 0.05) is 24.7 Å². The van der Waals surface area contributed by atoms with E-state index in [-0.39, 0.29) is 18.4 Å². The maximum atomic E-state index is 13.6. The van der Waals surface area contributed by atoms with Gasteiger partial charge in [-0.05, 0) is 42.1 Å². The van der Waals surface area contributed by atoms with Crippen molar-refractivity contribution >= 4 is 28.4 Å². The molecule has 2 amide bonds. The number of aromatic nitrogens is 1. The molecule has 4 rings (SSSR count). The standard InChI is InChI=1S/C28H29N3O3/c1-20-17-22-13-7-8-14-24(22)31(20)19-27(32)29-23(18-21-11-5-4-6-12-21)28(33)30(2)25-15-9-10-16-26(25)34-3/h4-17,23H,18-19H2,1-3H3,(H,29,32)/t23-/m0/s1. The Morgan fingerprint density at radius 2 is 1.65 bits per heavy atom. The Morgan fingerprint density at radius 3 is 2.41 bits per heavy atom. The third kappa shape index (κ3) is 4.96. The van der Waals surface area contributed by atoms with Gasteiger partial charge in [-0.1, -0.05) is 60.7 Å². The Morgan fingerprint density at radius 1 is 0.971 bits per heavy atom. The van der Waals surface area contributed by atoms with E-state index < -0.39 is 6.04 Å². The zero-order chi connectivity index (χ0) is 24.1. The van der Waals surface area contributed by atoms with Crippen molar-refractivity contribution in [2.75, 3.05) is 19.1 Å². The second-order valence-corrected chi connectivity index (χ2v) is 8.31. The second kappa shape index (κ2) is 10.3. The van der Waals surface area contributed by atoms with E-state index in [4.69, 9.17) is 4.74 Å². The number of hydrogen-bond donors (Lipinski definition) is 1. The fourth-order valence-corrected chi connectivity index (χ4v) is 4.25. The van der Waals surface area contributed by atoms with E-state index in [0.29, 0.717) is 17.9 Å². The van der Waals surface area contributed by atoms with Crippen LogP contribution in [-0.2, 0) is 22.6 Å². The molecule has 1 N–H and O–H groups in total. The van der Waals surface area contributed by atoms with Gasteiger partial charge < -0.3 is 19.5 Å². The molecule has 0 aliphatic heterocycles. The number of fused-ring (bicyclic) bond motifs is 1. The molecular weight excluding hydrogens is 426 g/mol. The lowest BCUT2D eigenvalue weighted by Crippen LogP contribution is -2.49. The summed E-state index contributed by atoms with van der Waals surface area (Å²) in [6, 6.07) is 26.3. The van der Waals surface area contributed by atoms with Gasteiger partial charge in [0.2, 0.25) is 11.8 Å². The number of methoxy groups -OCH3 is 1. The number of ether oxygens (including phenoxy) is 1. The number of rotatable bonds is 8. The summed E-state index contributed by atoms with van der Waals surface area (Å²) in [5.41, 5.74) is 3.60. The van der Waals surface area contributed by atoms with Gasteiger partial charge >= 0.3 is 0 Å². The van der Waals surface area contributed by atoms with Crippen LogP contribution in [0.1, 0.15) is 11.3 Å². The van der Waals surface area contributed by atoms with Crippen LogP contribution < -0.4 is 15.0 Å². The number of carbonyl (C=O) groups is 2. The zero-order valence-corrected chi connectivity index (χ0v) is 19.7. The predicted molar refractivity (Wildman–Crippen MR) is 135 cm³/mol. The molecule has 0 radical (unpaired) electrons. The predicted octanol–water partition coefficient (Wildman–Crippen LogP) is 4.35. The molecule has 1 heterocycles. The smallest absolute Gasteiger partial charge is 0.249 e. The Kier molecular flexibility index (Phi) is 6.97. The van der Waals surface area contributed by atoms with Crippen molar-refractivity contribution < 1.29 is 14.3 Å². The lowest BCUT2D eigenvalue weighted by atomic mass is 10.0. The Balaban J connectivity index is 1.58. The molecule has 3 aromatic carbocycles. The first-order chi connectivity index (χ1) is 16.5. The topological polar surface area (TPSA) is 63.6 Å². The molecule has 0 saturated carbocycles. The lowest BCUT2D eigenvalue weighted by Gasteiger charge is -2.26. The maximum Gasteiger partial charge on any atom is 0.249 e. The largest absolute Gasteiger partial charge is 0.495 e. The number of para-hydroxylation sites is 3. The van der Waals surface area contributed by atoms with Crippen LogP contribution in [-0.4, -0.2) is 36.6 Å². The van der Waals surface area contributed by atoms with Gasteiger partial charge in [0.25, 0.3) is 0 Å². The summed E-state index contributed by atoms with van der Waals surface area (Å²) < 4.78 is 7.41. The molecule has 0 saturated heterocycles. The van der Waals surface area contributed by atoms with Gasteiger partial charge in [0.05, 0.1) is 12.8 Å². The number of nitrogens with zero attached hydrogens (tertiary/aromatic N) is 2. The second-order valence-electron chi connectivity index (χ2n) is 8.31. The summed E-state index contributed by atoms with van der Waals surface area (Å²) in [6.07, 6.45) is 0.385. The van der Waals surface area contributed by atoms with Crippen LogP contribution in [0.4, 0.5) is 5.69 Å². The first kappa shape index (κ1) is 23.1. The average Bonchev–Trinajstić information content (AvgIpc) is 3.18. The summed E-state index contributed by atoms with van der Waals surface area (Å²) >= 11 is 0. The van der Waals surface area contributed by atoms with E-state index in [1.54, 1.807) is 19.1 Å². The van der Waals surface area contributed by atoms with Crippen molar-refractivity contribution in [3.8, 4) is 5.75 Å². The third-order valence-electron chi connectivity index (χ3n) is 6.01. The van der Waals surface area contributed by atoms with Crippen molar-refractivity contribution in [3.63, 3.8) is 0 Å². The highest BCUT2D eigenvalue weighted by atomic mass is 16.5. The minimum Gasteiger partial charge on any atom is -0.495 e. The fourth-order valence-electron chi connectivity index (χ4n) is 4.25. The molecule has 0 aliphatic carbocycles. The normalized spacial score (nSPS) is 11.7. The minimum atomic E-state index is -0.730. The highest BCUT2D eigenvalue weighted by Gasteiger charge is 2.27. The molecule has 6 nitrogen and oxygen atoms in total. The maximum absolute atomic E-state index is 13.6. The summed E-state index contributed by atoms with van der Waals surface area (Å²) in [4.78, 5) is 28.3. The summed E-state index contributed by atoms with van der Waals surface area (Å²) in [7, 11) is 3.28. The van der Waals surface area contributed by atoms with E-state index in [1.807, 2.05) is 90.4 Å². The Labute approximate surface area is 199 Å². The lowest BCUT2D eigenvalue weighted by molar-refractivity contribution is -0.127. The zero-order valence-electron chi connectivity index (χ0n) is 19.7. The number of likely N-dealkylation sites (N-methyl/N-ethyl adjacent to an activating group) is 1. The van der Waals surface area contributed by atoms with Gasteiger partial charge in [-0.2, -0.15) is 0 Å². The number of nitrogens with one attached hydrogen (secondary N) is 1. The number of aryl methyl sites for hydroxylation is 1. The fraction of sp³-hybridized carbons (Fsp3) is 0.214. The first-order valence-corrected chi connectivity index (χ1v) is 11.3. The molecule has 6 heteroatoms. The third-order valence-corrected chi connectivity index (χ3v) is 6.01. The van der Waals surface area contributed by atoms with Crippen LogP contribution in [0.3, 0.4) is 0 Å². The summed E-state index contributed by atoms with van der Waals surface area (Å²) in [5.74, 6) is 0.167. The van der Waals surface area contributed by atoms with Gasteiger partial charge in [0.15, 0.2) is 0 Å². The average molecular weight is 456 g/mol. The van der Waals surface area contributed by atoms with Gasteiger partial charge in [0.1, 0.15) is 18.3 Å². The van der Waals surface area contributed by atoms with Crippen LogP contribution >= 0.6 is 0 Å². The number of hydrogen-bond acceptors (Lipinski definition) is 3. The molecule has 0 bridgehead atoms. The van der Waals surface area contributed by atoms with Crippen molar-refractivity contribution in [2.24, 2.45) is 0 Å². The van der Waals surface area contributed by atoms with Crippen molar-refractivity contribution in [3.05, 3.63) is 96.2 Å². The number of carbonyl (C=O) groups excluding carboxylic acids is 2. The van der Waals surface area contributed by atoms with Crippen molar-refractivity contribution in [1.29, 1.82) is 0 Å². The quantitative estimate of drug-likeness (QED) is 0.430. The van der Waals surface area contributed by atoms with E-state index in [0.717, 1.165) is 22.2 Å². The van der Waals surface area contributed by atoms with Crippen LogP contribution in [0.2, 0.25) is 0 Å². The highest BCUT2D eigenvalue weighted by Crippen LogP contribution is 2.27. The van der Waals surface area contributed by atoms with E-state index >= 15 is 0 Å². The minimum absolute atomic E-state index is 0.135. The summed E-state index contributed by atoms with van der Waals surface area (Å²) in [6.45, 7) is 2.12. The number of anilines is 1. The first-order valence-electron chi connectivity index (χ1n) is 11.3. The van der Waals surface area contributed by atoms with Crippen LogP contribution in [0.15, 0.2) is 84.9 Å². The van der Waals surface area contributed by atoms with Gasteiger partial charge in [-0.15, -0.1) is 0 Å². The molecule has 34 heavy (non-hydrogen) atoms. The molecule has 4 aromatic rings. The van der Waals surface area contributed by atoms with E-state index in [9.17, 15) is 9.59 Å². The molecule has 0 spiro atoms.